The topological polar surface area (TPSA) is 12.0 Å². The van der Waals surface area contributed by atoms with E-state index >= 15 is 0 Å². The molecule has 0 amide bonds. The molecule has 1 atom stereocenters. The third kappa shape index (κ3) is 8.37. The Bertz CT molecular complexity index is 278. The van der Waals surface area contributed by atoms with E-state index in [2.05, 4.69) is 5.32 Å². The zero-order valence-corrected chi connectivity index (χ0v) is 11.1. The minimum atomic E-state index is -5.57. The van der Waals surface area contributed by atoms with Crippen LogP contribution in [0.4, 0.5) is 39.5 Å². The summed E-state index contributed by atoms with van der Waals surface area (Å²) in [5.74, 6) is -3.68. The normalized spacial score (nSPS) is 15.6. The summed E-state index contributed by atoms with van der Waals surface area (Å²) < 4.78 is 111. The molecule has 1 nitrogen and oxygen atoms in total. The van der Waals surface area contributed by atoms with Crippen LogP contribution in [0.5, 0.6) is 0 Å². The highest BCUT2D eigenvalue weighted by Crippen LogP contribution is 2.42. The van der Waals surface area contributed by atoms with Gasteiger partial charge in [0.25, 0.3) is 0 Å². The van der Waals surface area contributed by atoms with Crippen LogP contribution in [0.1, 0.15) is 32.6 Å². The van der Waals surface area contributed by atoms with Crippen molar-refractivity contribution in [1.29, 1.82) is 0 Å². The van der Waals surface area contributed by atoms with Gasteiger partial charge in [-0.05, 0) is 25.8 Å². The van der Waals surface area contributed by atoms with Gasteiger partial charge in [-0.15, -0.1) is 0 Å². The van der Waals surface area contributed by atoms with E-state index in [-0.39, 0.29) is 13.0 Å². The number of halogens is 9. The fraction of sp³-hybridized carbons (Fsp3) is 1.00. The van der Waals surface area contributed by atoms with Gasteiger partial charge in [0.2, 0.25) is 0 Å². The Hall–Kier alpha value is -0.670. The molecular weight excluding hydrogens is 317 g/mol. The Morgan fingerprint density at radius 2 is 1.33 bits per heavy atom. The third-order valence-corrected chi connectivity index (χ3v) is 2.74. The van der Waals surface area contributed by atoms with Gasteiger partial charge in [0.15, 0.2) is 5.92 Å². The van der Waals surface area contributed by atoms with Crippen molar-refractivity contribution in [2.45, 2.75) is 57.2 Å². The summed E-state index contributed by atoms with van der Waals surface area (Å²) in [5, 5.41) is 2.06. The lowest BCUT2D eigenvalue weighted by atomic mass is 9.93. The van der Waals surface area contributed by atoms with E-state index in [1.807, 2.05) is 0 Å². The summed E-state index contributed by atoms with van der Waals surface area (Å²) in [6.07, 6.45) is -18.6. The van der Waals surface area contributed by atoms with E-state index in [9.17, 15) is 39.5 Å². The number of hydrogen-bond acceptors (Lipinski definition) is 1. The summed E-state index contributed by atoms with van der Waals surface area (Å²) in [6.45, 7) is 1.38. The van der Waals surface area contributed by atoms with E-state index in [0.717, 1.165) is 0 Å². The molecule has 0 bridgehead atoms. The molecule has 0 radical (unpaired) electrons. The van der Waals surface area contributed by atoms with Crippen LogP contribution in [0.2, 0.25) is 0 Å². The van der Waals surface area contributed by atoms with Crippen LogP contribution in [-0.4, -0.2) is 31.1 Å². The van der Waals surface area contributed by atoms with Crippen LogP contribution in [-0.2, 0) is 0 Å². The molecule has 0 aromatic rings. The monoisotopic (exact) mass is 333 g/mol. The van der Waals surface area contributed by atoms with Crippen molar-refractivity contribution < 1.29 is 39.5 Å². The fourth-order valence-electron chi connectivity index (χ4n) is 1.88. The lowest BCUT2D eigenvalue weighted by molar-refractivity contribution is -0.292. The highest BCUT2D eigenvalue weighted by atomic mass is 19.4. The number of hydrogen-bond donors (Lipinski definition) is 1. The first-order valence-corrected chi connectivity index (χ1v) is 6.22. The molecule has 1 unspecified atom stereocenters. The zero-order chi connectivity index (χ0) is 16.9. The van der Waals surface area contributed by atoms with Crippen molar-refractivity contribution in [3.8, 4) is 0 Å². The third-order valence-electron chi connectivity index (χ3n) is 2.74. The van der Waals surface area contributed by atoms with Crippen LogP contribution in [0.3, 0.4) is 0 Å². The Balaban J connectivity index is 4.98. The van der Waals surface area contributed by atoms with Crippen molar-refractivity contribution in [1.82, 2.24) is 5.32 Å². The first kappa shape index (κ1) is 20.3. The Labute approximate surface area is 115 Å². The predicted octanol–water partition coefficient (Wildman–Crippen LogP) is 4.83. The van der Waals surface area contributed by atoms with Crippen molar-refractivity contribution in [3.63, 3.8) is 0 Å². The molecule has 0 aliphatic carbocycles. The quantitative estimate of drug-likeness (QED) is 0.658. The van der Waals surface area contributed by atoms with Gasteiger partial charge >= 0.3 is 18.5 Å². The smallest absolute Gasteiger partial charge is 0.313 e. The molecule has 0 aromatic carbocycles. The molecule has 0 saturated carbocycles. The summed E-state index contributed by atoms with van der Waals surface area (Å²) in [5.41, 5.74) is 0. The molecule has 1 N–H and O–H groups in total. The number of nitrogens with one attached hydrogen (secondary N) is 1. The summed E-state index contributed by atoms with van der Waals surface area (Å²) in [6, 6.07) is -2.12. The van der Waals surface area contributed by atoms with Crippen molar-refractivity contribution in [3.05, 3.63) is 0 Å². The molecule has 0 aliphatic heterocycles. The summed E-state index contributed by atoms with van der Waals surface area (Å²) in [7, 11) is 0. The second-order valence-corrected chi connectivity index (χ2v) is 4.63. The Kier molecular flexibility index (Phi) is 7.31. The molecular formula is C11H16F9N. The molecule has 0 rings (SSSR count). The minimum absolute atomic E-state index is 0.140. The van der Waals surface area contributed by atoms with Crippen LogP contribution in [0.25, 0.3) is 0 Å². The van der Waals surface area contributed by atoms with E-state index in [0.29, 0.717) is 0 Å². The average molecular weight is 333 g/mol. The average Bonchev–Trinajstić information content (AvgIpc) is 2.19. The summed E-state index contributed by atoms with van der Waals surface area (Å²) >= 11 is 0. The molecule has 0 aliphatic rings. The fourth-order valence-corrected chi connectivity index (χ4v) is 1.88. The predicted molar refractivity (Wildman–Crippen MR) is 57.6 cm³/mol. The van der Waals surface area contributed by atoms with Gasteiger partial charge in [-0.1, -0.05) is 6.92 Å². The number of alkyl halides is 9. The molecule has 128 valence electrons. The minimum Gasteiger partial charge on any atom is -0.313 e. The molecule has 0 aromatic heterocycles. The first-order chi connectivity index (χ1) is 9.29. The Morgan fingerprint density at radius 1 is 0.857 bits per heavy atom. The van der Waals surface area contributed by atoms with Gasteiger partial charge in [-0.25, -0.2) is 0 Å². The summed E-state index contributed by atoms with van der Waals surface area (Å²) in [4.78, 5) is 0. The molecule has 0 spiro atoms. The van der Waals surface area contributed by atoms with E-state index in [1.54, 1.807) is 0 Å². The SMILES string of the molecule is CCCNC(CCCC(F)(F)F)C(C(F)(F)F)C(F)(F)F. The first-order valence-electron chi connectivity index (χ1n) is 6.22. The second-order valence-electron chi connectivity index (χ2n) is 4.63. The molecule has 0 heterocycles. The molecule has 0 fully saturated rings. The van der Waals surface area contributed by atoms with Gasteiger partial charge in [0.1, 0.15) is 0 Å². The van der Waals surface area contributed by atoms with E-state index in [1.165, 1.54) is 6.92 Å². The van der Waals surface area contributed by atoms with Gasteiger partial charge in [-0.3, -0.25) is 0 Å². The highest BCUT2D eigenvalue weighted by Gasteiger charge is 2.59. The van der Waals surface area contributed by atoms with Crippen molar-refractivity contribution >= 4 is 0 Å². The van der Waals surface area contributed by atoms with Gasteiger partial charge in [-0.2, -0.15) is 39.5 Å². The number of rotatable bonds is 7. The van der Waals surface area contributed by atoms with Crippen molar-refractivity contribution in [2.24, 2.45) is 5.92 Å². The van der Waals surface area contributed by atoms with Crippen LogP contribution in [0, 0.1) is 5.92 Å². The van der Waals surface area contributed by atoms with Crippen LogP contribution in [0.15, 0.2) is 0 Å². The van der Waals surface area contributed by atoms with E-state index in [4.69, 9.17) is 0 Å². The molecule has 10 heteroatoms. The largest absolute Gasteiger partial charge is 0.401 e. The maximum Gasteiger partial charge on any atom is 0.401 e. The zero-order valence-electron chi connectivity index (χ0n) is 11.1. The molecule has 21 heavy (non-hydrogen) atoms. The maximum atomic E-state index is 12.6. The van der Waals surface area contributed by atoms with Gasteiger partial charge in [0, 0.05) is 12.5 Å². The second kappa shape index (κ2) is 7.55. The highest BCUT2D eigenvalue weighted by molar-refractivity contribution is 4.87. The van der Waals surface area contributed by atoms with E-state index < -0.39 is 49.8 Å². The molecule has 0 saturated heterocycles. The van der Waals surface area contributed by atoms with Crippen molar-refractivity contribution in [2.75, 3.05) is 6.54 Å². The van der Waals surface area contributed by atoms with Gasteiger partial charge in [0.05, 0.1) is 0 Å². The lowest BCUT2D eigenvalue weighted by Gasteiger charge is -2.31. The Morgan fingerprint density at radius 3 is 1.67 bits per heavy atom. The maximum absolute atomic E-state index is 12.6. The van der Waals surface area contributed by atoms with Gasteiger partial charge < -0.3 is 5.32 Å². The van der Waals surface area contributed by atoms with Crippen LogP contribution >= 0.6 is 0 Å². The standard InChI is InChI=1S/C11H16F9N/c1-2-6-21-7(4-3-5-9(12,13)14)8(10(15,16)17)11(18,19)20/h7-8,21H,2-6H2,1H3. The lowest BCUT2D eigenvalue weighted by Crippen LogP contribution is -2.51. The van der Waals surface area contributed by atoms with Crippen LogP contribution < -0.4 is 5.32 Å².